The first-order valence-electron chi connectivity index (χ1n) is 4.88. The van der Waals surface area contributed by atoms with E-state index in [2.05, 4.69) is 26.1 Å². The summed E-state index contributed by atoms with van der Waals surface area (Å²) < 4.78 is 0. The van der Waals surface area contributed by atoms with Gasteiger partial charge < -0.3 is 5.32 Å². The third-order valence-electron chi connectivity index (χ3n) is 2.56. The quantitative estimate of drug-likeness (QED) is 0.675. The van der Waals surface area contributed by atoms with Gasteiger partial charge >= 0.3 is 0 Å². The number of carbonyl (C=O) groups is 1. The van der Waals surface area contributed by atoms with E-state index in [1.807, 2.05) is 6.92 Å². The number of nitrogens with one attached hydrogen (secondary N) is 1. The Morgan fingerprint density at radius 3 is 2.25 bits per heavy atom. The monoisotopic (exact) mass is 171 g/mol. The van der Waals surface area contributed by atoms with E-state index in [4.69, 9.17) is 0 Å². The van der Waals surface area contributed by atoms with Crippen molar-refractivity contribution in [3.05, 3.63) is 0 Å². The zero-order valence-electron chi connectivity index (χ0n) is 8.68. The van der Waals surface area contributed by atoms with Crippen LogP contribution < -0.4 is 5.32 Å². The number of hydrogen-bond acceptors (Lipinski definition) is 1. The molecule has 0 aliphatic carbocycles. The molecule has 0 saturated carbocycles. The van der Waals surface area contributed by atoms with E-state index in [1.165, 1.54) is 6.42 Å². The van der Waals surface area contributed by atoms with Crippen LogP contribution in [0, 0.1) is 11.8 Å². The third kappa shape index (κ3) is 4.37. The van der Waals surface area contributed by atoms with Crippen LogP contribution in [0.1, 0.15) is 40.5 Å². The molecule has 12 heavy (non-hydrogen) atoms. The molecule has 0 bridgehead atoms. The molecule has 0 aromatic rings. The van der Waals surface area contributed by atoms with Crippen LogP contribution in [0.25, 0.3) is 0 Å². The van der Waals surface area contributed by atoms with E-state index in [-0.39, 0.29) is 5.91 Å². The van der Waals surface area contributed by atoms with Crippen LogP contribution in [0.15, 0.2) is 0 Å². The van der Waals surface area contributed by atoms with Gasteiger partial charge in [-0.05, 0) is 11.8 Å². The highest BCUT2D eigenvalue weighted by molar-refractivity contribution is 5.75. The summed E-state index contributed by atoms with van der Waals surface area (Å²) >= 11 is 0. The van der Waals surface area contributed by atoms with Gasteiger partial charge in [-0.3, -0.25) is 4.79 Å². The summed E-state index contributed by atoms with van der Waals surface area (Å²) in [5.74, 6) is 1.44. The lowest BCUT2D eigenvalue weighted by atomic mass is 9.94. The zero-order chi connectivity index (χ0) is 9.56. The first-order chi connectivity index (χ1) is 5.61. The van der Waals surface area contributed by atoms with E-state index in [9.17, 15) is 4.79 Å². The van der Waals surface area contributed by atoms with Gasteiger partial charge in [0, 0.05) is 13.0 Å². The van der Waals surface area contributed by atoms with Crippen molar-refractivity contribution in [2.75, 3.05) is 6.54 Å². The summed E-state index contributed by atoms with van der Waals surface area (Å²) in [5.41, 5.74) is 0. The van der Waals surface area contributed by atoms with Gasteiger partial charge in [0.15, 0.2) is 0 Å². The predicted octanol–water partition coefficient (Wildman–Crippen LogP) is 2.19. The maximum atomic E-state index is 10.9. The molecule has 0 aromatic heterocycles. The molecule has 0 fully saturated rings. The molecule has 2 unspecified atom stereocenters. The third-order valence-corrected chi connectivity index (χ3v) is 2.56. The van der Waals surface area contributed by atoms with E-state index < -0.39 is 0 Å². The van der Waals surface area contributed by atoms with Crippen molar-refractivity contribution in [3.63, 3.8) is 0 Å². The Labute approximate surface area is 75.7 Å². The molecule has 0 spiro atoms. The van der Waals surface area contributed by atoms with Gasteiger partial charge in [-0.15, -0.1) is 0 Å². The fraction of sp³-hybridized carbons (Fsp3) is 0.900. The summed E-state index contributed by atoms with van der Waals surface area (Å²) in [6, 6.07) is 0. The Bertz CT molecular complexity index is 134. The molecule has 1 amide bonds. The smallest absolute Gasteiger partial charge is 0.219 e. The first kappa shape index (κ1) is 11.5. The van der Waals surface area contributed by atoms with Crippen molar-refractivity contribution >= 4 is 5.91 Å². The van der Waals surface area contributed by atoms with Crippen LogP contribution in [0.4, 0.5) is 0 Å². The molecule has 2 nitrogen and oxygen atoms in total. The number of carbonyl (C=O) groups excluding carboxylic acids is 1. The molecule has 0 aliphatic heterocycles. The highest BCUT2D eigenvalue weighted by Gasteiger charge is 2.10. The molecular weight excluding hydrogens is 150 g/mol. The van der Waals surface area contributed by atoms with Gasteiger partial charge in [0.2, 0.25) is 5.91 Å². The fourth-order valence-corrected chi connectivity index (χ4v) is 1.00. The van der Waals surface area contributed by atoms with Crippen LogP contribution in [0.5, 0.6) is 0 Å². The average molecular weight is 171 g/mol. The largest absolute Gasteiger partial charge is 0.356 e. The normalized spacial score (nSPS) is 15.3. The SMILES string of the molecule is CCC(=O)NCC(C)C(C)CC. The second kappa shape index (κ2) is 6.04. The summed E-state index contributed by atoms with van der Waals surface area (Å²) in [7, 11) is 0. The van der Waals surface area contributed by atoms with Crippen molar-refractivity contribution in [1.29, 1.82) is 0 Å². The summed E-state index contributed by atoms with van der Waals surface area (Å²) in [5, 5.41) is 2.91. The first-order valence-corrected chi connectivity index (χ1v) is 4.88. The molecule has 0 heterocycles. The molecule has 0 aliphatic rings. The van der Waals surface area contributed by atoms with Crippen LogP contribution in [0.2, 0.25) is 0 Å². The lowest BCUT2D eigenvalue weighted by molar-refractivity contribution is -0.121. The van der Waals surface area contributed by atoms with Gasteiger partial charge in [0.05, 0.1) is 0 Å². The molecule has 0 rings (SSSR count). The van der Waals surface area contributed by atoms with Gasteiger partial charge in [0.1, 0.15) is 0 Å². The van der Waals surface area contributed by atoms with Crippen molar-refractivity contribution in [2.45, 2.75) is 40.5 Å². The van der Waals surface area contributed by atoms with Gasteiger partial charge in [-0.1, -0.05) is 34.1 Å². The minimum atomic E-state index is 0.158. The van der Waals surface area contributed by atoms with Crippen LogP contribution in [-0.2, 0) is 4.79 Å². The van der Waals surface area contributed by atoms with Crippen molar-refractivity contribution in [3.8, 4) is 0 Å². The van der Waals surface area contributed by atoms with Crippen molar-refractivity contribution in [2.24, 2.45) is 11.8 Å². The minimum absolute atomic E-state index is 0.158. The fourth-order valence-electron chi connectivity index (χ4n) is 1.00. The van der Waals surface area contributed by atoms with Crippen molar-refractivity contribution in [1.82, 2.24) is 5.32 Å². The topological polar surface area (TPSA) is 29.1 Å². The molecular formula is C10H21NO. The Hall–Kier alpha value is -0.530. The second-order valence-electron chi connectivity index (χ2n) is 3.52. The maximum absolute atomic E-state index is 10.9. The maximum Gasteiger partial charge on any atom is 0.219 e. The van der Waals surface area contributed by atoms with Crippen LogP contribution in [0.3, 0.4) is 0 Å². The van der Waals surface area contributed by atoms with Crippen LogP contribution in [-0.4, -0.2) is 12.5 Å². The number of amides is 1. The molecule has 0 saturated heterocycles. The van der Waals surface area contributed by atoms with Gasteiger partial charge in [0.25, 0.3) is 0 Å². The van der Waals surface area contributed by atoms with E-state index in [0.717, 1.165) is 6.54 Å². The molecule has 72 valence electrons. The Morgan fingerprint density at radius 1 is 1.25 bits per heavy atom. The standard InChI is InChI=1S/C10H21NO/c1-5-8(3)9(4)7-11-10(12)6-2/h8-9H,5-7H2,1-4H3,(H,11,12). The lowest BCUT2D eigenvalue weighted by Crippen LogP contribution is -2.29. The molecule has 0 aromatic carbocycles. The summed E-state index contributed by atoms with van der Waals surface area (Å²) in [6.07, 6.45) is 1.77. The Kier molecular flexibility index (Phi) is 5.77. The van der Waals surface area contributed by atoms with E-state index in [1.54, 1.807) is 0 Å². The molecule has 2 atom stereocenters. The lowest BCUT2D eigenvalue weighted by Gasteiger charge is -2.18. The number of hydrogen-bond donors (Lipinski definition) is 1. The summed E-state index contributed by atoms with van der Waals surface area (Å²) in [4.78, 5) is 10.9. The van der Waals surface area contributed by atoms with E-state index in [0.29, 0.717) is 18.3 Å². The highest BCUT2D eigenvalue weighted by Crippen LogP contribution is 2.12. The molecule has 0 radical (unpaired) electrons. The van der Waals surface area contributed by atoms with Crippen LogP contribution >= 0.6 is 0 Å². The molecule has 2 heteroatoms. The highest BCUT2D eigenvalue weighted by atomic mass is 16.1. The number of rotatable bonds is 5. The minimum Gasteiger partial charge on any atom is -0.356 e. The Balaban J connectivity index is 3.56. The molecule has 1 N–H and O–H groups in total. The summed E-state index contributed by atoms with van der Waals surface area (Å²) in [6.45, 7) is 9.29. The predicted molar refractivity (Wildman–Crippen MR) is 51.9 cm³/mol. The van der Waals surface area contributed by atoms with E-state index >= 15 is 0 Å². The van der Waals surface area contributed by atoms with Gasteiger partial charge in [-0.2, -0.15) is 0 Å². The van der Waals surface area contributed by atoms with Gasteiger partial charge in [-0.25, -0.2) is 0 Å². The average Bonchev–Trinajstić information content (AvgIpc) is 2.11. The Morgan fingerprint density at radius 2 is 1.83 bits per heavy atom. The zero-order valence-corrected chi connectivity index (χ0v) is 8.68. The second-order valence-corrected chi connectivity index (χ2v) is 3.52. The van der Waals surface area contributed by atoms with Crippen molar-refractivity contribution < 1.29 is 4.79 Å².